The lowest BCUT2D eigenvalue weighted by atomic mass is 10.2. The van der Waals surface area contributed by atoms with Gasteiger partial charge in [-0.05, 0) is 18.7 Å². The van der Waals surface area contributed by atoms with Gasteiger partial charge in [0, 0.05) is 36.5 Å². The van der Waals surface area contributed by atoms with Gasteiger partial charge in [-0.1, -0.05) is 23.9 Å². The molecular formula is C15H18N6S. The maximum Gasteiger partial charge on any atom is 0.165 e. The monoisotopic (exact) mass is 314 g/mol. The van der Waals surface area contributed by atoms with Crippen LogP contribution in [0.25, 0.3) is 10.9 Å². The second kappa shape index (κ2) is 7.24. The summed E-state index contributed by atoms with van der Waals surface area (Å²) in [6.07, 6.45) is 4.26. The molecule has 114 valence electrons. The molecule has 4 N–H and O–H groups in total. The van der Waals surface area contributed by atoms with Crippen LogP contribution in [0.3, 0.4) is 0 Å². The zero-order valence-corrected chi connectivity index (χ0v) is 12.9. The molecule has 0 radical (unpaired) electrons. The van der Waals surface area contributed by atoms with E-state index in [0.29, 0.717) is 13.0 Å². The number of anilines is 1. The van der Waals surface area contributed by atoms with Crippen LogP contribution in [0, 0.1) is 0 Å². The molecule has 2 heterocycles. The number of rotatable bonds is 7. The summed E-state index contributed by atoms with van der Waals surface area (Å²) >= 11 is 1.67. The number of fused-ring (bicyclic) bond motifs is 1. The van der Waals surface area contributed by atoms with Crippen LogP contribution in [0.5, 0.6) is 0 Å². The molecule has 22 heavy (non-hydrogen) atoms. The summed E-state index contributed by atoms with van der Waals surface area (Å²) in [5, 5.41) is 5.36. The first kappa shape index (κ1) is 14.8. The average molecular weight is 314 g/mol. The highest BCUT2D eigenvalue weighted by atomic mass is 32.2. The van der Waals surface area contributed by atoms with E-state index in [1.165, 1.54) is 0 Å². The van der Waals surface area contributed by atoms with Crippen molar-refractivity contribution in [3.05, 3.63) is 42.5 Å². The minimum atomic E-state index is 0.548. The van der Waals surface area contributed by atoms with Crippen LogP contribution in [0.1, 0.15) is 5.82 Å². The second-order valence-electron chi connectivity index (χ2n) is 4.71. The van der Waals surface area contributed by atoms with E-state index in [1.807, 2.05) is 30.5 Å². The zero-order chi connectivity index (χ0) is 15.2. The van der Waals surface area contributed by atoms with Gasteiger partial charge < -0.3 is 16.0 Å². The number of aromatic amines is 1. The molecule has 3 rings (SSSR count). The van der Waals surface area contributed by atoms with Crippen LogP contribution in [0.2, 0.25) is 0 Å². The summed E-state index contributed by atoms with van der Waals surface area (Å²) in [5.41, 5.74) is 6.56. The quantitative estimate of drug-likeness (QED) is 0.456. The summed E-state index contributed by atoms with van der Waals surface area (Å²) in [4.78, 5) is 16.4. The van der Waals surface area contributed by atoms with Crippen LogP contribution in [0.4, 0.5) is 5.82 Å². The first-order valence-corrected chi connectivity index (χ1v) is 8.17. The van der Waals surface area contributed by atoms with Crippen molar-refractivity contribution in [3.8, 4) is 0 Å². The molecular weight excluding hydrogens is 296 g/mol. The van der Waals surface area contributed by atoms with Gasteiger partial charge in [0.25, 0.3) is 0 Å². The van der Waals surface area contributed by atoms with E-state index in [9.17, 15) is 0 Å². The molecule has 6 nitrogen and oxygen atoms in total. The predicted octanol–water partition coefficient (Wildman–Crippen LogP) is 2.06. The molecule has 0 fully saturated rings. The highest BCUT2D eigenvalue weighted by Crippen LogP contribution is 2.20. The maximum atomic E-state index is 5.62. The molecule has 0 saturated heterocycles. The van der Waals surface area contributed by atoms with Crippen LogP contribution < -0.4 is 11.1 Å². The van der Waals surface area contributed by atoms with Gasteiger partial charge in [0.1, 0.15) is 11.6 Å². The van der Waals surface area contributed by atoms with Crippen molar-refractivity contribution in [2.75, 3.05) is 24.2 Å². The van der Waals surface area contributed by atoms with Crippen molar-refractivity contribution >= 4 is 28.5 Å². The Morgan fingerprint density at radius 3 is 2.95 bits per heavy atom. The van der Waals surface area contributed by atoms with Crippen LogP contribution in [0.15, 0.2) is 41.8 Å². The minimum absolute atomic E-state index is 0.548. The van der Waals surface area contributed by atoms with E-state index in [0.717, 1.165) is 40.0 Å². The number of hydrogen-bond acceptors (Lipinski definition) is 6. The Morgan fingerprint density at radius 1 is 1.23 bits per heavy atom. The average Bonchev–Trinajstić information content (AvgIpc) is 3.05. The Hall–Kier alpha value is -2.12. The molecule has 2 aromatic heterocycles. The van der Waals surface area contributed by atoms with E-state index in [2.05, 4.69) is 25.3 Å². The molecule has 0 aliphatic rings. The summed E-state index contributed by atoms with van der Waals surface area (Å²) in [5.74, 6) is 2.55. The van der Waals surface area contributed by atoms with Gasteiger partial charge in [-0.15, -0.1) is 0 Å². The summed E-state index contributed by atoms with van der Waals surface area (Å²) < 4.78 is 0. The van der Waals surface area contributed by atoms with E-state index >= 15 is 0 Å². The Balaban J connectivity index is 1.71. The van der Waals surface area contributed by atoms with Crippen LogP contribution in [-0.2, 0) is 6.42 Å². The molecule has 0 atom stereocenters. The van der Waals surface area contributed by atoms with Gasteiger partial charge in [0.15, 0.2) is 5.16 Å². The van der Waals surface area contributed by atoms with Crippen LogP contribution in [-0.4, -0.2) is 38.8 Å². The number of benzene rings is 1. The lowest BCUT2D eigenvalue weighted by molar-refractivity contribution is 0.879. The van der Waals surface area contributed by atoms with Crippen molar-refractivity contribution in [1.29, 1.82) is 0 Å². The molecule has 0 amide bonds. The largest absolute Gasteiger partial charge is 0.369 e. The SMILES string of the molecule is NCCc1nc(NCCSc2ncc[nH]2)c2ccccc2n1. The molecule has 0 saturated carbocycles. The van der Waals surface area contributed by atoms with E-state index in [1.54, 1.807) is 18.0 Å². The Kier molecular flexibility index (Phi) is 4.87. The lowest BCUT2D eigenvalue weighted by Crippen LogP contribution is -2.11. The molecule has 0 aliphatic carbocycles. The molecule has 0 bridgehead atoms. The van der Waals surface area contributed by atoms with Gasteiger partial charge >= 0.3 is 0 Å². The number of nitrogens with zero attached hydrogens (tertiary/aromatic N) is 3. The third-order valence-corrected chi connectivity index (χ3v) is 4.03. The van der Waals surface area contributed by atoms with Crippen molar-refractivity contribution in [1.82, 2.24) is 19.9 Å². The Morgan fingerprint density at radius 2 is 2.14 bits per heavy atom. The normalized spacial score (nSPS) is 11.0. The second-order valence-corrected chi connectivity index (χ2v) is 5.80. The fourth-order valence-electron chi connectivity index (χ4n) is 2.15. The summed E-state index contributed by atoms with van der Waals surface area (Å²) in [6.45, 7) is 1.35. The molecule has 0 unspecified atom stereocenters. The predicted molar refractivity (Wildman–Crippen MR) is 90.1 cm³/mol. The van der Waals surface area contributed by atoms with Gasteiger partial charge in [-0.3, -0.25) is 0 Å². The third-order valence-electron chi connectivity index (χ3n) is 3.12. The Bertz CT molecular complexity index is 728. The van der Waals surface area contributed by atoms with Crippen molar-refractivity contribution in [2.24, 2.45) is 5.73 Å². The minimum Gasteiger partial charge on any atom is -0.369 e. The van der Waals surface area contributed by atoms with E-state index in [4.69, 9.17) is 5.73 Å². The fraction of sp³-hybridized carbons (Fsp3) is 0.267. The van der Waals surface area contributed by atoms with Gasteiger partial charge in [-0.2, -0.15) is 0 Å². The zero-order valence-electron chi connectivity index (χ0n) is 12.1. The number of imidazole rings is 1. The molecule has 7 heteroatoms. The number of para-hydroxylation sites is 1. The number of aromatic nitrogens is 4. The highest BCUT2D eigenvalue weighted by Gasteiger charge is 2.06. The van der Waals surface area contributed by atoms with Gasteiger partial charge in [0.2, 0.25) is 0 Å². The van der Waals surface area contributed by atoms with Crippen molar-refractivity contribution in [2.45, 2.75) is 11.6 Å². The number of hydrogen-bond donors (Lipinski definition) is 3. The van der Waals surface area contributed by atoms with E-state index < -0.39 is 0 Å². The standard InChI is InChI=1S/C15H18N6S/c16-6-5-13-20-12-4-2-1-3-11(12)14(21-13)17-9-10-22-15-18-7-8-19-15/h1-4,7-8H,5-6,9-10,16H2,(H,18,19)(H,17,20,21). The first-order chi connectivity index (χ1) is 10.9. The lowest BCUT2D eigenvalue weighted by Gasteiger charge is -2.10. The number of H-pyrrole nitrogens is 1. The first-order valence-electron chi connectivity index (χ1n) is 7.18. The van der Waals surface area contributed by atoms with Gasteiger partial charge in [-0.25, -0.2) is 15.0 Å². The third kappa shape index (κ3) is 3.55. The number of nitrogens with two attached hydrogens (primary N) is 1. The van der Waals surface area contributed by atoms with Crippen molar-refractivity contribution < 1.29 is 0 Å². The molecule has 3 aromatic rings. The van der Waals surface area contributed by atoms with Crippen LogP contribution >= 0.6 is 11.8 Å². The smallest absolute Gasteiger partial charge is 0.165 e. The summed E-state index contributed by atoms with van der Waals surface area (Å²) in [7, 11) is 0. The fourth-order valence-corrected chi connectivity index (χ4v) is 2.83. The topological polar surface area (TPSA) is 92.5 Å². The maximum absolute atomic E-state index is 5.62. The molecule has 0 spiro atoms. The van der Waals surface area contributed by atoms with Crippen molar-refractivity contribution in [3.63, 3.8) is 0 Å². The van der Waals surface area contributed by atoms with Gasteiger partial charge in [0.05, 0.1) is 5.52 Å². The number of nitrogens with one attached hydrogen (secondary N) is 2. The number of thioether (sulfide) groups is 1. The highest BCUT2D eigenvalue weighted by molar-refractivity contribution is 7.99. The molecule has 0 aliphatic heterocycles. The Labute approximate surface area is 133 Å². The van der Waals surface area contributed by atoms with E-state index in [-0.39, 0.29) is 0 Å². The molecule has 1 aromatic carbocycles. The summed E-state index contributed by atoms with van der Waals surface area (Å²) in [6, 6.07) is 8.01.